The van der Waals surface area contributed by atoms with Gasteiger partial charge in [-0.05, 0) is 50.8 Å². The van der Waals surface area contributed by atoms with E-state index in [4.69, 9.17) is 4.74 Å². The van der Waals surface area contributed by atoms with Crippen LogP contribution in [0.4, 0.5) is 5.82 Å². The van der Waals surface area contributed by atoms with Gasteiger partial charge >= 0.3 is 0 Å². The normalized spacial score (nSPS) is 23.1. The lowest BCUT2D eigenvalue weighted by Gasteiger charge is -2.42. The maximum atomic E-state index is 5.38. The maximum Gasteiger partial charge on any atom is 0.128 e. The summed E-state index contributed by atoms with van der Waals surface area (Å²) in [5.74, 6) is 1.96. The van der Waals surface area contributed by atoms with Crippen molar-refractivity contribution < 1.29 is 4.74 Å². The van der Waals surface area contributed by atoms with Crippen molar-refractivity contribution in [1.82, 2.24) is 9.88 Å². The van der Waals surface area contributed by atoms with Gasteiger partial charge in [-0.25, -0.2) is 4.98 Å². The summed E-state index contributed by atoms with van der Waals surface area (Å²) in [5.41, 5.74) is 0. The van der Waals surface area contributed by atoms with E-state index in [1.54, 1.807) is 0 Å². The van der Waals surface area contributed by atoms with Gasteiger partial charge in [-0.15, -0.1) is 0 Å². The van der Waals surface area contributed by atoms with Gasteiger partial charge < -0.3 is 14.5 Å². The summed E-state index contributed by atoms with van der Waals surface area (Å²) >= 11 is 0. The van der Waals surface area contributed by atoms with Crippen LogP contribution >= 0.6 is 0 Å². The van der Waals surface area contributed by atoms with Gasteiger partial charge in [-0.3, -0.25) is 0 Å². The van der Waals surface area contributed by atoms with Gasteiger partial charge in [-0.2, -0.15) is 0 Å². The second-order valence-electron chi connectivity index (χ2n) is 6.54. The fourth-order valence-electron chi connectivity index (χ4n) is 3.53. The fourth-order valence-corrected chi connectivity index (χ4v) is 3.53. The predicted molar refractivity (Wildman–Crippen MR) is 108 cm³/mol. The zero-order chi connectivity index (χ0) is 18.7. The second-order valence-corrected chi connectivity index (χ2v) is 6.54. The lowest BCUT2D eigenvalue weighted by atomic mass is 9.86. The molecule has 0 aromatic carbocycles. The smallest absolute Gasteiger partial charge is 0.128 e. The minimum Gasteiger partial charge on any atom is -0.381 e. The summed E-state index contributed by atoms with van der Waals surface area (Å²) in [4.78, 5) is 9.43. The van der Waals surface area contributed by atoms with E-state index in [1.807, 2.05) is 47.1 Å². The lowest BCUT2D eigenvalue weighted by Crippen LogP contribution is -2.48. The molecule has 0 spiro atoms. The Morgan fingerprint density at radius 2 is 1.76 bits per heavy atom. The summed E-state index contributed by atoms with van der Waals surface area (Å²) < 4.78 is 5.38. The summed E-state index contributed by atoms with van der Waals surface area (Å²) in [6.45, 7) is 11.5. The number of hydrogen-bond donors (Lipinski definition) is 0. The van der Waals surface area contributed by atoms with Gasteiger partial charge in [0.1, 0.15) is 5.82 Å². The molecule has 1 saturated carbocycles. The monoisotopic (exact) mass is 349 g/mol. The van der Waals surface area contributed by atoms with E-state index in [9.17, 15) is 0 Å². The molecule has 1 aliphatic heterocycles. The quantitative estimate of drug-likeness (QED) is 0.785. The first-order chi connectivity index (χ1) is 12.3. The Morgan fingerprint density at radius 3 is 2.28 bits per heavy atom. The number of aromatic nitrogens is 1. The van der Waals surface area contributed by atoms with Crippen LogP contribution in [0.1, 0.15) is 53.4 Å². The van der Waals surface area contributed by atoms with Crippen LogP contribution in [0.15, 0.2) is 24.4 Å². The van der Waals surface area contributed by atoms with Crippen molar-refractivity contribution in [3.05, 3.63) is 24.4 Å². The topological polar surface area (TPSA) is 28.6 Å². The summed E-state index contributed by atoms with van der Waals surface area (Å²) in [6.07, 6.45) is 7.36. The molecular formula is C21H39N3O. The average Bonchev–Trinajstić information content (AvgIpc) is 2.65. The van der Waals surface area contributed by atoms with Crippen LogP contribution < -0.4 is 4.90 Å². The third-order valence-corrected chi connectivity index (χ3v) is 5.16. The van der Waals surface area contributed by atoms with Gasteiger partial charge in [-0.1, -0.05) is 33.8 Å². The number of nitrogens with zero attached hydrogens (tertiary/aromatic N) is 3. The lowest BCUT2D eigenvalue weighted by molar-refractivity contribution is -0.0238. The molecule has 4 heteroatoms. The van der Waals surface area contributed by atoms with Crippen LogP contribution in [-0.2, 0) is 4.74 Å². The molecule has 1 aliphatic carbocycles. The standard InChI is InChI=1S/C17H27N3O.2C2H6/c1-19(15-11-16(12-15)21-2)13-14-6-9-20(10-7-14)17-5-3-4-8-18-17;2*1-2/h3-5,8,14-16H,6-7,9-13H2,1-2H3;2*1-2H3. The van der Waals surface area contributed by atoms with Gasteiger partial charge in [0.05, 0.1) is 6.10 Å². The first-order valence-electron chi connectivity index (χ1n) is 10.1. The highest BCUT2D eigenvalue weighted by molar-refractivity contribution is 5.37. The van der Waals surface area contributed by atoms with E-state index in [1.165, 1.54) is 32.2 Å². The highest BCUT2D eigenvalue weighted by Crippen LogP contribution is 2.29. The molecule has 4 nitrogen and oxygen atoms in total. The van der Waals surface area contributed by atoms with Crippen LogP contribution in [0.5, 0.6) is 0 Å². The van der Waals surface area contributed by atoms with Crippen molar-refractivity contribution in [2.75, 3.05) is 38.7 Å². The van der Waals surface area contributed by atoms with Crippen LogP contribution in [0.25, 0.3) is 0 Å². The van der Waals surface area contributed by atoms with Crippen molar-refractivity contribution in [2.24, 2.45) is 5.92 Å². The Bertz CT molecular complexity index is 426. The number of piperidine rings is 1. The van der Waals surface area contributed by atoms with E-state index in [2.05, 4.69) is 34.0 Å². The Balaban J connectivity index is 0.000000730. The first kappa shape index (κ1) is 21.9. The molecule has 0 amide bonds. The van der Waals surface area contributed by atoms with Crippen LogP contribution in [0.3, 0.4) is 0 Å². The third-order valence-electron chi connectivity index (χ3n) is 5.16. The zero-order valence-corrected chi connectivity index (χ0v) is 17.2. The predicted octanol–water partition coefficient (Wildman–Crippen LogP) is 4.46. The van der Waals surface area contributed by atoms with Crippen LogP contribution in [0, 0.1) is 5.92 Å². The summed E-state index contributed by atoms with van der Waals surface area (Å²) in [6, 6.07) is 6.91. The first-order valence-corrected chi connectivity index (χ1v) is 10.1. The Morgan fingerprint density at radius 1 is 1.12 bits per heavy atom. The highest BCUT2D eigenvalue weighted by Gasteiger charge is 2.33. The molecule has 0 radical (unpaired) electrons. The average molecular weight is 350 g/mol. The SMILES string of the molecule is CC.CC.COC1CC(N(C)CC2CCN(c3ccccn3)CC2)C1. The molecule has 1 aromatic rings. The number of methoxy groups -OCH3 is 1. The number of pyridine rings is 1. The Labute approximate surface area is 155 Å². The summed E-state index contributed by atoms with van der Waals surface area (Å²) in [5, 5.41) is 0. The summed E-state index contributed by atoms with van der Waals surface area (Å²) in [7, 11) is 4.11. The molecule has 2 heterocycles. The number of ether oxygens (including phenoxy) is 1. The van der Waals surface area contributed by atoms with Crippen molar-refractivity contribution in [1.29, 1.82) is 0 Å². The molecule has 1 aromatic heterocycles. The molecule has 0 bridgehead atoms. The van der Waals surface area contributed by atoms with Gasteiger partial charge in [0, 0.05) is 39.0 Å². The van der Waals surface area contributed by atoms with Crippen molar-refractivity contribution in [3.8, 4) is 0 Å². The Kier molecular flexibility index (Phi) is 10.7. The van der Waals surface area contributed by atoms with E-state index in [0.717, 1.165) is 30.9 Å². The second kappa shape index (κ2) is 12.3. The molecule has 0 atom stereocenters. The fraction of sp³-hybridized carbons (Fsp3) is 0.762. The van der Waals surface area contributed by atoms with E-state index in [-0.39, 0.29) is 0 Å². The molecule has 0 N–H and O–H groups in total. The molecular weight excluding hydrogens is 310 g/mol. The minimum absolute atomic E-state index is 0.503. The van der Waals surface area contributed by atoms with Crippen LogP contribution in [0.2, 0.25) is 0 Å². The highest BCUT2D eigenvalue weighted by atomic mass is 16.5. The van der Waals surface area contributed by atoms with E-state index in [0.29, 0.717) is 6.10 Å². The van der Waals surface area contributed by atoms with Crippen molar-refractivity contribution in [3.63, 3.8) is 0 Å². The maximum absolute atomic E-state index is 5.38. The molecule has 2 aliphatic rings. The molecule has 25 heavy (non-hydrogen) atoms. The zero-order valence-electron chi connectivity index (χ0n) is 17.2. The number of rotatable bonds is 5. The molecule has 3 rings (SSSR count). The minimum atomic E-state index is 0.503. The van der Waals surface area contributed by atoms with Gasteiger partial charge in [0.15, 0.2) is 0 Å². The van der Waals surface area contributed by atoms with Gasteiger partial charge in [0.2, 0.25) is 0 Å². The number of anilines is 1. The largest absolute Gasteiger partial charge is 0.381 e. The third kappa shape index (κ3) is 6.59. The Hall–Kier alpha value is -1.13. The molecule has 2 fully saturated rings. The van der Waals surface area contributed by atoms with E-state index >= 15 is 0 Å². The molecule has 1 saturated heterocycles. The molecule has 144 valence electrons. The van der Waals surface area contributed by atoms with E-state index < -0.39 is 0 Å². The van der Waals surface area contributed by atoms with Crippen molar-refractivity contribution >= 4 is 5.82 Å². The van der Waals surface area contributed by atoms with Crippen molar-refractivity contribution in [2.45, 2.75) is 65.5 Å². The molecule has 0 unspecified atom stereocenters. The van der Waals surface area contributed by atoms with Gasteiger partial charge in [0.25, 0.3) is 0 Å². The number of hydrogen-bond acceptors (Lipinski definition) is 4. The van der Waals surface area contributed by atoms with Crippen LogP contribution in [-0.4, -0.2) is 55.8 Å².